The lowest BCUT2D eigenvalue weighted by molar-refractivity contribution is -0.118. The van der Waals surface area contributed by atoms with Gasteiger partial charge in [-0.25, -0.2) is 9.69 Å². The molecule has 94 valence electrons. The number of imide groups is 1. The van der Waals surface area contributed by atoms with Crippen LogP contribution in [0.4, 0.5) is 10.5 Å². The lowest BCUT2D eigenvalue weighted by Gasteiger charge is -2.13. The summed E-state index contributed by atoms with van der Waals surface area (Å²) < 4.78 is 0. The van der Waals surface area contributed by atoms with Crippen LogP contribution in [-0.2, 0) is 11.3 Å². The molecule has 1 unspecified atom stereocenters. The van der Waals surface area contributed by atoms with Gasteiger partial charge >= 0.3 is 6.03 Å². The van der Waals surface area contributed by atoms with Gasteiger partial charge in [0.15, 0.2) is 0 Å². The number of anilines is 1. The van der Waals surface area contributed by atoms with E-state index < -0.39 is 12.1 Å². The molecule has 1 atom stereocenters. The highest BCUT2D eigenvalue weighted by Crippen LogP contribution is 2.21. The molecule has 5 nitrogen and oxygen atoms in total. The Labute approximate surface area is 105 Å². The SMILES string of the molecule is C=CCC1NC(=O)N(c2cccc(CN)c2)C1=O. The summed E-state index contributed by atoms with van der Waals surface area (Å²) in [5.74, 6) is -0.255. The molecule has 1 saturated heterocycles. The van der Waals surface area contributed by atoms with Crippen LogP contribution in [0.15, 0.2) is 36.9 Å². The molecule has 0 radical (unpaired) electrons. The monoisotopic (exact) mass is 245 g/mol. The Balaban J connectivity index is 2.29. The molecule has 0 aliphatic carbocycles. The maximum absolute atomic E-state index is 12.1. The molecule has 0 bridgehead atoms. The Morgan fingerprint density at radius 2 is 2.22 bits per heavy atom. The van der Waals surface area contributed by atoms with Crippen LogP contribution in [0.5, 0.6) is 0 Å². The van der Waals surface area contributed by atoms with Crippen molar-refractivity contribution in [1.29, 1.82) is 0 Å². The first kappa shape index (κ1) is 12.3. The number of hydrogen-bond acceptors (Lipinski definition) is 3. The third-order valence-corrected chi connectivity index (χ3v) is 2.83. The summed E-state index contributed by atoms with van der Waals surface area (Å²) in [6, 6.07) is 6.17. The number of hydrogen-bond donors (Lipinski definition) is 2. The fourth-order valence-electron chi connectivity index (χ4n) is 1.92. The summed E-state index contributed by atoms with van der Waals surface area (Å²) in [5.41, 5.74) is 6.97. The zero-order valence-corrected chi connectivity index (χ0v) is 9.93. The molecule has 18 heavy (non-hydrogen) atoms. The van der Waals surface area contributed by atoms with Crippen molar-refractivity contribution in [2.24, 2.45) is 5.73 Å². The highest BCUT2D eigenvalue weighted by atomic mass is 16.2. The second kappa shape index (κ2) is 5.01. The van der Waals surface area contributed by atoms with Crippen molar-refractivity contribution in [3.63, 3.8) is 0 Å². The molecule has 1 heterocycles. The fraction of sp³-hybridized carbons (Fsp3) is 0.231. The summed E-state index contributed by atoms with van der Waals surface area (Å²) in [6.45, 7) is 3.94. The van der Waals surface area contributed by atoms with E-state index in [1.165, 1.54) is 0 Å². The van der Waals surface area contributed by atoms with Crippen LogP contribution < -0.4 is 16.0 Å². The smallest absolute Gasteiger partial charge is 0.326 e. The van der Waals surface area contributed by atoms with E-state index in [2.05, 4.69) is 11.9 Å². The fourth-order valence-corrected chi connectivity index (χ4v) is 1.92. The Morgan fingerprint density at radius 3 is 2.89 bits per heavy atom. The van der Waals surface area contributed by atoms with Gasteiger partial charge in [0, 0.05) is 6.54 Å². The van der Waals surface area contributed by atoms with Gasteiger partial charge in [-0.2, -0.15) is 0 Å². The van der Waals surface area contributed by atoms with Gasteiger partial charge in [0.2, 0.25) is 0 Å². The van der Waals surface area contributed by atoms with Gasteiger partial charge in [0.05, 0.1) is 5.69 Å². The van der Waals surface area contributed by atoms with Crippen molar-refractivity contribution in [2.75, 3.05) is 4.90 Å². The first-order chi connectivity index (χ1) is 8.67. The van der Waals surface area contributed by atoms with Crippen molar-refractivity contribution in [2.45, 2.75) is 19.0 Å². The molecule has 1 aliphatic heterocycles. The second-order valence-electron chi connectivity index (χ2n) is 4.07. The van der Waals surface area contributed by atoms with E-state index in [-0.39, 0.29) is 5.91 Å². The van der Waals surface area contributed by atoms with Crippen molar-refractivity contribution in [3.05, 3.63) is 42.5 Å². The third kappa shape index (κ3) is 2.12. The molecule has 1 aromatic carbocycles. The van der Waals surface area contributed by atoms with E-state index in [1.54, 1.807) is 24.3 Å². The van der Waals surface area contributed by atoms with Crippen LogP contribution in [0.25, 0.3) is 0 Å². The normalized spacial score (nSPS) is 18.9. The van der Waals surface area contributed by atoms with Gasteiger partial charge in [-0.1, -0.05) is 18.2 Å². The second-order valence-corrected chi connectivity index (χ2v) is 4.07. The maximum Gasteiger partial charge on any atom is 0.329 e. The van der Waals surface area contributed by atoms with Crippen molar-refractivity contribution < 1.29 is 9.59 Å². The predicted molar refractivity (Wildman–Crippen MR) is 69.0 cm³/mol. The summed E-state index contributed by atoms with van der Waals surface area (Å²) in [6.07, 6.45) is 2.04. The molecule has 5 heteroatoms. The molecule has 3 amide bonds. The summed E-state index contributed by atoms with van der Waals surface area (Å²) in [5, 5.41) is 2.63. The van der Waals surface area contributed by atoms with Gasteiger partial charge < -0.3 is 11.1 Å². The Morgan fingerprint density at radius 1 is 1.44 bits per heavy atom. The van der Waals surface area contributed by atoms with E-state index in [4.69, 9.17) is 5.73 Å². The number of carbonyl (C=O) groups is 2. The first-order valence-corrected chi connectivity index (χ1v) is 5.71. The van der Waals surface area contributed by atoms with Crippen molar-refractivity contribution >= 4 is 17.6 Å². The zero-order chi connectivity index (χ0) is 13.1. The third-order valence-electron chi connectivity index (χ3n) is 2.83. The van der Waals surface area contributed by atoms with Crippen LogP contribution in [0.3, 0.4) is 0 Å². The molecular formula is C13H15N3O2. The number of rotatable bonds is 4. The molecule has 3 N–H and O–H groups in total. The minimum absolute atomic E-state index is 0.255. The Kier molecular flexibility index (Phi) is 3.43. The average Bonchev–Trinajstić information content (AvgIpc) is 2.65. The Hall–Kier alpha value is -2.14. The first-order valence-electron chi connectivity index (χ1n) is 5.71. The number of nitrogens with two attached hydrogens (primary N) is 1. The molecule has 2 rings (SSSR count). The Bertz CT molecular complexity index is 499. The number of amides is 3. The maximum atomic E-state index is 12.1. The molecular weight excluding hydrogens is 230 g/mol. The van der Waals surface area contributed by atoms with Crippen LogP contribution in [-0.4, -0.2) is 18.0 Å². The van der Waals surface area contributed by atoms with Crippen LogP contribution in [0.2, 0.25) is 0 Å². The lowest BCUT2D eigenvalue weighted by atomic mass is 10.1. The van der Waals surface area contributed by atoms with Gasteiger partial charge in [-0.3, -0.25) is 4.79 Å². The van der Waals surface area contributed by atoms with Gasteiger partial charge in [-0.05, 0) is 24.1 Å². The average molecular weight is 245 g/mol. The highest BCUT2D eigenvalue weighted by molar-refractivity contribution is 6.21. The van der Waals surface area contributed by atoms with Crippen molar-refractivity contribution in [1.82, 2.24) is 5.32 Å². The standard InChI is InChI=1S/C13H15N3O2/c1-2-4-11-12(17)16(13(18)15-11)10-6-3-5-9(7-10)8-14/h2-3,5-7,11H,1,4,8,14H2,(H,15,18). The highest BCUT2D eigenvalue weighted by Gasteiger charge is 2.38. The van der Waals surface area contributed by atoms with Crippen LogP contribution in [0, 0.1) is 0 Å². The van der Waals surface area contributed by atoms with Crippen molar-refractivity contribution in [3.8, 4) is 0 Å². The largest absolute Gasteiger partial charge is 0.329 e. The number of benzene rings is 1. The topological polar surface area (TPSA) is 75.4 Å². The quantitative estimate of drug-likeness (QED) is 0.617. The van der Waals surface area contributed by atoms with E-state index in [0.29, 0.717) is 18.7 Å². The van der Waals surface area contributed by atoms with E-state index in [0.717, 1.165) is 10.5 Å². The van der Waals surface area contributed by atoms with Crippen LogP contribution in [0.1, 0.15) is 12.0 Å². The van der Waals surface area contributed by atoms with E-state index >= 15 is 0 Å². The van der Waals surface area contributed by atoms with E-state index in [1.807, 2.05) is 6.07 Å². The molecule has 1 aliphatic rings. The minimum Gasteiger partial charge on any atom is -0.326 e. The molecule has 0 spiro atoms. The molecule has 0 saturated carbocycles. The number of nitrogens with zero attached hydrogens (tertiary/aromatic N) is 1. The van der Waals surface area contributed by atoms with E-state index in [9.17, 15) is 9.59 Å². The number of carbonyl (C=O) groups excluding carboxylic acids is 2. The minimum atomic E-state index is -0.517. The number of urea groups is 1. The zero-order valence-electron chi connectivity index (χ0n) is 9.93. The van der Waals surface area contributed by atoms with Crippen LogP contribution >= 0.6 is 0 Å². The molecule has 0 aromatic heterocycles. The summed E-state index contributed by atoms with van der Waals surface area (Å²) in [4.78, 5) is 25.0. The van der Waals surface area contributed by atoms with Gasteiger partial charge in [-0.15, -0.1) is 6.58 Å². The molecule has 1 aromatic rings. The summed E-state index contributed by atoms with van der Waals surface area (Å²) >= 11 is 0. The lowest BCUT2D eigenvalue weighted by Crippen LogP contribution is -2.31. The van der Waals surface area contributed by atoms with Gasteiger partial charge in [0.25, 0.3) is 5.91 Å². The predicted octanol–water partition coefficient (Wildman–Crippen LogP) is 1.15. The molecule has 1 fully saturated rings. The van der Waals surface area contributed by atoms with Gasteiger partial charge in [0.1, 0.15) is 6.04 Å². The number of nitrogens with one attached hydrogen (secondary N) is 1. The summed E-state index contributed by atoms with van der Waals surface area (Å²) in [7, 11) is 0.